The molecule has 0 spiro atoms. The van der Waals surface area contributed by atoms with Crippen LogP contribution in [0, 0.1) is 0 Å². The van der Waals surface area contributed by atoms with Crippen LogP contribution in [0.1, 0.15) is 17.3 Å². The molecule has 3 heteroatoms. The molecule has 1 aromatic heterocycles. The van der Waals surface area contributed by atoms with E-state index in [2.05, 4.69) is 12.6 Å². The van der Waals surface area contributed by atoms with Crippen LogP contribution in [-0.2, 0) is 0 Å². The maximum Gasteiger partial charge on any atom is 0.161 e. The number of thiophene rings is 1. The molecule has 0 atom stereocenters. The van der Waals surface area contributed by atoms with Gasteiger partial charge in [0.25, 0.3) is 0 Å². The third kappa shape index (κ3) is 1.34. The largest absolute Gasteiger partial charge is 0.294 e. The van der Waals surface area contributed by atoms with Crippen molar-refractivity contribution >= 4 is 29.7 Å². The third-order valence-corrected chi connectivity index (χ3v) is 2.30. The van der Waals surface area contributed by atoms with Gasteiger partial charge in [0.1, 0.15) is 0 Å². The Morgan fingerprint density at radius 1 is 1.78 bits per heavy atom. The summed E-state index contributed by atoms with van der Waals surface area (Å²) < 4.78 is 0.808. The summed E-state index contributed by atoms with van der Waals surface area (Å²) in [5.74, 6) is 0.0845. The summed E-state index contributed by atoms with van der Waals surface area (Å²) in [5.41, 5.74) is 0.725. The van der Waals surface area contributed by atoms with E-state index in [0.29, 0.717) is 0 Å². The van der Waals surface area contributed by atoms with Gasteiger partial charge >= 0.3 is 0 Å². The van der Waals surface area contributed by atoms with Crippen LogP contribution in [0.4, 0.5) is 0 Å². The summed E-state index contributed by atoms with van der Waals surface area (Å²) in [5, 5.41) is 1.86. The summed E-state index contributed by atoms with van der Waals surface area (Å²) in [6, 6.07) is 1.79. The predicted molar refractivity (Wildman–Crippen MR) is 41.6 cm³/mol. The number of hydrogen-bond donors (Lipinski definition) is 1. The molecule has 0 fully saturated rings. The van der Waals surface area contributed by atoms with Gasteiger partial charge < -0.3 is 0 Å². The van der Waals surface area contributed by atoms with E-state index in [1.54, 1.807) is 13.0 Å². The summed E-state index contributed by atoms with van der Waals surface area (Å²) in [4.78, 5) is 10.7. The first-order valence-corrected chi connectivity index (χ1v) is 3.82. The summed E-state index contributed by atoms with van der Waals surface area (Å²) in [6.07, 6.45) is 0. The minimum absolute atomic E-state index is 0.0845. The van der Waals surface area contributed by atoms with Crippen LogP contribution in [0.2, 0.25) is 0 Å². The van der Waals surface area contributed by atoms with Crippen molar-refractivity contribution in [1.29, 1.82) is 0 Å². The van der Waals surface area contributed by atoms with E-state index in [9.17, 15) is 4.79 Å². The molecule has 0 amide bonds. The van der Waals surface area contributed by atoms with Crippen LogP contribution in [0.3, 0.4) is 0 Å². The van der Waals surface area contributed by atoms with E-state index in [-0.39, 0.29) is 5.78 Å². The fourth-order valence-electron chi connectivity index (χ4n) is 0.569. The fraction of sp³-hybridized carbons (Fsp3) is 0.167. The number of thiol groups is 1. The van der Waals surface area contributed by atoms with Gasteiger partial charge in [0.2, 0.25) is 0 Å². The lowest BCUT2D eigenvalue weighted by atomic mass is 10.2. The van der Waals surface area contributed by atoms with E-state index >= 15 is 0 Å². The van der Waals surface area contributed by atoms with Crippen molar-refractivity contribution in [3.05, 3.63) is 17.0 Å². The van der Waals surface area contributed by atoms with E-state index in [1.807, 2.05) is 5.38 Å². The molecule has 0 radical (unpaired) electrons. The standard InChI is InChI=1S/C6H6OS2/c1-4(7)5-2-3-9-6(5)8/h2-3,8H,1H3. The van der Waals surface area contributed by atoms with E-state index in [0.717, 1.165) is 9.77 Å². The first kappa shape index (κ1) is 6.83. The minimum atomic E-state index is 0.0845. The first-order chi connectivity index (χ1) is 4.22. The van der Waals surface area contributed by atoms with Gasteiger partial charge in [-0.1, -0.05) is 0 Å². The molecule has 0 aliphatic rings. The molecule has 48 valence electrons. The molecule has 0 unspecified atom stereocenters. The van der Waals surface area contributed by atoms with Crippen molar-refractivity contribution < 1.29 is 4.79 Å². The molecule has 0 saturated carbocycles. The maximum atomic E-state index is 10.7. The van der Waals surface area contributed by atoms with Crippen molar-refractivity contribution in [3.8, 4) is 0 Å². The summed E-state index contributed by atoms with van der Waals surface area (Å²) in [6.45, 7) is 1.54. The molecule has 9 heavy (non-hydrogen) atoms. The maximum absolute atomic E-state index is 10.7. The molecule has 1 aromatic rings. The molecule has 0 aliphatic carbocycles. The average molecular weight is 158 g/mol. The van der Waals surface area contributed by atoms with E-state index in [4.69, 9.17) is 0 Å². The minimum Gasteiger partial charge on any atom is -0.294 e. The van der Waals surface area contributed by atoms with Crippen LogP contribution in [0.15, 0.2) is 15.7 Å². The zero-order valence-corrected chi connectivity index (χ0v) is 6.63. The average Bonchev–Trinajstić information content (AvgIpc) is 2.13. The second-order valence-electron chi connectivity index (χ2n) is 1.70. The van der Waals surface area contributed by atoms with Gasteiger partial charge in [-0.05, 0) is 18.4 Å². The lowest BCUT2D eigenvalue weighted by Gasteiger charge is -1.86. The zero-order chi connectivity index (χ0) is 6.85. The van der Waals surface area contributed by atoms with Crippen LogP contribution >= 0.6 is 24.0 Å². The number of hydrogen-bond acceptors (Lipinski definition) is 3. The van der Waals surface area contributed by atoms with E-state index < -0.39 is 0 Å². The van der Waals surface area contributed by atoms with Gasteiger partial charge in [-0.25, -0.2) is 0 Å². The molecule has 0 aromatic carbocycles. The summed E-state index contributed by atoms with van der Waals surface area (Å²) >= 11 is 5.56. The Bertz CT molecular complexity index is 227. The molecule has 1 rings (SSSR count). The topological polar surface area (TPSA) is 17.1 Å². The number of ketones is 1. The lowest BCUT2D eigenvalue weighted by molar-refractivity contribution is 0.101. The predicted octanol–water partition coefficient (Wildman–Crippen LogP) is 2.24. The molecule has 1 nitrogen and oxygen atoms in total. The van der Waals surface area contributed by atoms with Crippen molar-refractivity contribution in [2.24, 2.45) is 0 Å². The quantitative estimate of drug-likeness (QED) is 0.490. The van der Waals surface area contributed by atoms with Crippen molar-refractivity contribution in [3.63, 3.8) is 0 Å². The van der Waals surface area contributed by atoms with Crippen LogP contribution < -0.4 is 0 Å². The third-order valence-electron chi connectivity index (χ3n) is 1.02. The molecule has 0 N–H and O–H groups in total. The molecular weight excluding hydrogens is 152 g/mol. The molecule has 0 aliphatic heterocycles. The van der Waals surface area contributed by atoms with Crippen LogP contribution in [0.5, 0.6) is 0 Å². The van der Waals surface area contributed by atoms with Gasteiger partial charge in [0, 0.05) is 5.56 Å². The Morgan fingerprint density at radius 3 is 2.67 bits per heavy atom. The monoisotopic (exact) mass is 158 g/mol. The van der Waals surface area contributed by atoms with Gasteiger partial charge in [0.05, 0.1) is 4.21 Å². The normalized spacial score (nSPS) is 9.56. The van der Waals surface area contributed by atoms with Gasteiger partial charge in [-0.3, -0.25) is 4.79 Å². The number of rotatable bonds is 1. The second-order valence-corrected chi connectivity index (χ2v) is 3.36. The molecular formula is C6H6OS2. The molecule has 0 bridgehead atoms. The Hall–Kier alpha value is -0.280. The van der Waals surface area contributed by atoms with E-state index in [1.165, 1.54) is 11.3 Å². The Labute approximate surface area is 63.1 Å². The SMILES string of the molecule is CC(=O)c1ccsc1S. The van der Waals surface area contributed by atoms with Gasteiger partial charge in [0.15, 0.2) is 5.78 Å². The highest BCUT2D eigenvalue weighted by atomic mass is 32.2. The van der Waals surface area contributed by atoms with Crippen LogP contribution in [-0.4, -0.2) is 5.78 Å². The Morgan fingerprint density at radius 2 is 2.44 bits per heavy atom. The number of Topliss-reactive ketones (excluding diaryl/α,β-unsaturated/α-hetero) is 1. The zero-order valence-electron chi connectivity index (χ0n) is 4.92. The van der Waals surface area contributed by atoms with Crippen molar-refractivity contribution in [2.75, 3.05) is 0 Å². The Kier molecular flexibility index (Phi) is 1.93. The highest BCUT2D eigenvalue weighted by molar-refractivity contribution is 7.83. The number of carbonyl (C=O) groups is 1. The Balaban J connectivity index is 3.08. The first-order valence-electron chi connectivity index (χ1n) is 2.49. The van der Waals surface area contributed by atoms with Crippen LogP contribution in [0.25, 0.3) is 0 Å². The lowest BCUT2D eigenvalue weighted by Crippen LogP contribution is -1.87. The smallest absolute Gasteiger partial charge is 0.161 e. The molecule has 0 saturated heterocycles. The molecule has 1 heterocycles. The van der Waals surface area contributed by atoms with Gasteiger partial charge in [-0.15, -0.1) is 24.0 Å². The highest BCUT2D eigenvalue weighted by Crippen LogP contribution is 2.20. The van der Waals surface area contributed by atoms with Crippen molar-refractivity contribution in [1.82, 2.24) is 0 Å². The van der Waals surface area contributed by atoms with Gasteiger partial charge in [-0.2, -0.15) is 0 Å². The highest BCUT2D eigenvalue weighted by Gasteiger charge is 2.03. The fourth-order valence-corrected chi connectivity index (χ4v) is 1.66. The van der Waals surface area contributed by atoms with Crippen molar-refractivity contribution in [2.45, 2.75) is 11.1 Å². The summed E-state index contributed by atoms with van der Waals surface area (Å²) in [7, 11) is 0. The number of carbonyl (C=O) groups excluding carboxylic acids is 1. The second kappa shape index (κ2) is 2.54.